The molecule has 2 atom stereocenters. The summed E-state index contributed by atoms with van der Waals surface area (Å²) in [5.74, 6) is -0.113. The zero-order valence-electron chi connectivity index (χ0n) is 13.3. The zero-order chi connectivity index (χ0) is 16.2. The van der Waals surface area contributed by atoms with Gasteiger partial charge in [-0.05, 0) is 26.1 Å². The molecule has 0 bridgehead atoms. The molecule has 0 unspecified atom stereocenters. The van der Waals surface area contributed by atoms with Crippen LogP contribution in [0.3, 0.4) is 0 Å². The summed E-state index contributed by atoms with van der Waals surface area (Å²) in [6.07, 6.45) is 1.40. The highest BCUT2D eigenvalue weighted by Crippen LogP contribution is 2.13. The Kier molecular flexibility index (Phi) is 4.68. The van der Waals surface area contributed by atoms with E-state index in [9.17, 15) is 4.79 Å². The van der Waals surface area contributed by atoms with E-state index in [-0.39, 0.29) is 11.9 Å². The quantitative estimate of drug-likeness (QED) is 0.902. The van der Waals surface area contributed by atoms with Gasteiger partial charge in [-0.2, -0.15) is 0 Å². The molecule has 2 heterocycles. The molecule has 1 aliphatic rings. The number of morpholine rings is 1. The zero-order valence-corrected chi connectivity index (χ0v) is 13.3. The third kappa shape index (κ3) is 3.75. The van der Waals surface area contributed by atoms with Crippen LogP contribution in [-0.4, -0.2) is 58.6 Å². The summed E-state index contributed by atoms with van der Waals surface area (Å²) in [5.41, 5.74) is 1.65. The molecule has 1 N–H and O–H groups in total. The number of carbonyl (C=O) groups is 1. The highest BCUT2D eigenvalue weighted by atomic mass is 16.5. The van der Waals surface area contributed by atoms with Crippen LogP contribution in [0.15, 0.2) is 36.5 Å². The number of aromatic nitrogens is 3. The molecule has 1 saturated heterocycles. The maximum Gasteiger partial charge on any atom is 0.250 e. The lowest BCUT2D eigenvalue weighted by Crippen LogP contribution is -2.48. The number of likely N-dealkylation sites (N-methyl/N-ethyl adjacent to an activating group) is 1. The first-order valence-corrected chi connectivity index (χ1v) is 7.71. The average Bonchev–Trinajstić information content (AvgIpc) is 3.06. The fraction of sp³-hybridized carbons (Fsp3) is 0.438. The average molecular weight is 315 g/mol. The normalized spacial score (nSPS) is 20.2. The number of benzene rings is 1. The molecular weight excluding hydrogens is 294 g/mol. The van der Waals surface area contributed by atoms with Crippen molar-refractivity contribution in [2.45, 2.75) is 19.1 Å². The van der Waals surface area contributed by atoms with Crippen LogP contribution in [0, 0.1) is 0 Å². The molecular formula is C16H21N5O2. The van der Waals surface area contributed by atoms with Crippen LogP contribution < -0.4 is 5.32 Å². The summed E-state index contributed by atoms with van der Waals surface area (Å²) >= 11 is 0. The van der Waals surface area contributed by atoms with Gasteiger partial charge in [-0.25, -0.2) is 4.68 Å². The van der Waals surface area contributed by atoms with Crippen molar-refractivity contribution < 1.29 is 9.53 Å². The molecule has 0 aliphatic carbocycles. The molecule has 1 amide bonds. The third-order valence-corrected chi connectivity index (χ3v) is 3.90. The minimum Gasteiger partial charge on any atom is -0.366 e. The van der Waals surface area contributed by atoms with Crippen LogP contribution in [-0.2, 0) is 9.53 Å². The molecule has 1 aromatic carbocycles. The van der Waals surface area contributed by atoms with Gasteiger partial charge in [-0.3, -0.25) is 4.79 Å². The Hall–Kier alpha value is -2.25. The van der Waals surface area contributed by atoms with Crippen molar-refractivity contribution in [3.8, 4) is 5.69 Å². The predicted octanol–water partition coefficient (Wildman–Crippen LogP) is 0.775. The lowest BCUT2D eigenvalue weighted by atomic mass is 10.2. The largest absolute Gasteiger partial charge is 0.366 e. The summed E-state index contributed by atoms with van der Waals surface area (Å²) in [4.78, 5) is 14.4. The van der Waals surface area contributed by atoms with E-state index in [0.29, 0.717) is 18.8 Å². The van der Waals surface area contributed by atoms with Gasteiger partial charge in [0.1, 0.15) is 11.8 Å². The van der Waals surface area contributed by atoms with Gasteiger partial charge in [0.2, 0.25) is 0 Å². The van der Waals surface area contributed by atoms with E-state index >= 15 is 0 Å². The standard InChI is InChI=1S/C16H21N5O2/c1-12(17-16(22)15-11-20(2)8-9-23-15)14-10-21(19-18-14)13-6-4-3-5-7-13/h3-7,10,12,15H,8-9,11H2,1-2H3,(H,17,22)/t12-,15-/m1/s1. The number of ether oxygens (including phenoxy) is 1. The second kappa shape index (κ2) is 6.89. The summed E-state index contributed by atoms with van der Waals surface area (Å²) in [6, 6.07) is 9.51. The SMILES string of the molecule is C[C@@H](NC(=O)[C@H]1CN(C)CCO1)c1cn(-c2ccccc2)nn1. The van der Waals surface area contributed by atoms with E-state index in [0.717, 1.165) is 12.2 Å². The monoisotopic (exact) mass is 315 g/mol. The first kappa shape index (κ1) is 15.6. The second-order valence-corrected chi connectivity index (χ2v) is 5.78. The van der Waals surface area contributed by atoms with Gasteiger partial charge in [0.15, 0.2) is 0 Å². The van der Waals surface area contributed by atoms with Gasteiger partial charge in [0, 0.05) is 13.1 Å². The topological polar surface area (TPSA) is 72.3 Å². The van der Waals surface area contributed by atoms with Crippen molar-refractivity contribution in [1.82, 2.24) is 25.2 Å². The lowest BCUT2D eigenvalue weighted by molar-refractivity contribution is -0.138. The number of amides is 1. The minimum absolute atomic E-state index is 0.113. The molecule has 122 valence electrons. The maximum atomic E-state index is 12.3. The number of hydrogen-bond acceptors (Lipinski definition) is 5. The Morgan fingerprint density at radius 2 is 2.17 bits per heavy atom. The summed E-state index contributed by atoms with van der Waals surface area (Å²) < 4.78 is 7.22. The van der Waals surface area contributed by atoms with E-state index in [1.54, 1.807) is 4.68 Å². The van der Waals surface area contributed by atoms with Crippen molar-refractivity contribution in [3.05, 3.63) is 42.2 Å². The van der Waals surface area contributed by atoms with Gasteiger partial charge < -0.3 is 15.0 Å². The Morgan fingerprint density at radius 3 is 2.91 bits per heavy atom. The number of hydrogen-bond donors (Lipinski definition) is 1. The highest BCUT2D eigenvalue weighted by molar-refractivity contribution is 5.81. The Morgan fingerprint density at radius 1 is 1.39 bits per heavy atom. The van der Waals surface area contributed by atoms with Gasteiger partial charge in [0.25, 0.3) is 5.91 Å². The molecule has 7 nitrogen and oxygen atoms in total. The smallest absolute Gasteiger partial charge is 0.250 e. The lowest BCUT2D eigenvalue weighted by Gasteiger charge is -2.29. The number of rotatable bonds is 4. The van der Waals surface area contributed by atoms with Crippen LogP contribution in [0.4, 0.5) is 0 Å². The molecule has 23 heavy (non-hydrogen) atoms. The van der Waals surface area contributed by atoms with Crippen molar-refractivity contribution in [3.63, 3.8) is 0 Å². The van der Waals surface area contributed by atoms with Crippen molar-refractivity contribution in [2.75, 3.05) is 26.7 Å². The number of carbonyl (C=O) groups excluding carboxylic acids is 1. The Bertz CT molecular complexity index is 658. The molecule has 1 fully saturated rings. The molecule has 0 spiro atoms. The van der Waals surface area contributed by atoms with Crippen LogP contribution >= 0.6 is 0 Å². The molecule has 0 radical (unpaired) electrons. The Labute approximate surface area is 135 Å². The molecule has 1 aliphatic heterocycles. The second-order valence-electron chi connectivity index (χ2n) is 5.78. The molecule has 1 aromatic heterocycles. The molecule has 2 aromatic rings. The third-order valence-electron chi connectivity index (χ3n) is 3.90. The van der Waals surface area contributed by atoms with Crippen molar-refractivity contribution >= 4 is 5.91 Å². The van der Waals surface area contributed by atoms with Crippen LogP contribution in [0.5, 0.6) is 0 Å². The number of nitrogens with zero attached hydrogens (tertiary/aromatic N) is 4. The van der Waals surface area contributed by atoms with Crippen molar-refractivity contribution in [2.24, 2.45) is 0 Å². The first-order chi connectivity index (χ1) is 11.1. The number of nitrogens with one attached hydrogen (secondary N) is 1. The van der Waals surface area contributed by atoms with Crippen LogP contribution in [0.25, 0.3) is 5.69 Å². The first-order valence-electron chi connectivity index (χ1n) is 7.71. The van der Waals surface area contributed by atoms with E-state index in [1.807, 2.05) is 50.5 Å². The molecule has 3 rings (SSSR count). The summed E-state index contributed by atoms with van der Waals surface area (Å²) in [5, 5.41) is 11.2. The fourth-order valence-electron chi connectivity index (χ4n) is 2.50. The van der Waals surface area contributed by atoms with Gasteiger partial charge >= 0.3 is 0 Å². The summed E-state index contributed by atoms with van der Waals surface area (Å²) in [7, 11) is 1.98. The Balaban J connectivity index is 1.63. The number of para-hydroxylation sites is 1. The van der Waals surface area contributed by atoms with E-state index in [2.05, 4.69) is 20.5 Å². The fourth-order valence-corrected chi connectivity index (χ4v) is 2.50. The van der Waals surface area contributed by atoms with Crippen LogP contribution in [0.1, 0.15) is 18.7 Å². The van der Waals surface area contributed by atoms with E-state index < -0.39 is 6.10 Å². The van der Waals surface area contributed by atoms with E-state index in [4.69, 9.17) is 4.74 Å². The van der Waals surface area contributed by atoms with E-state index in [1.165, 1.54) is 0 Å². The minimum atomic E-state index is -0.430. The molecule has 7 heteroatoms. The summed E-state index contributed by atoms with van der Waals surface area (Å²) in [6.45, 7) is 3.93. The van der Waals surface area contributed by atoms with Crippen molar-refractivity contribution in [1.29, 1.82) is 0 Å². The maximum absolute atomic E-state index is 12.3. The highest BCUT2D eigenvalue weighted by Gasteiger charge is 2.26. The van der Waals surface area contributed by atoms with Gasteiger partial charge in [-0.1, -0.05) is 23.4 Å². The van der Waals surface area contributed by atoms with Gasteiger partial charge in [0.05, 0.1) is 24.5 Å². The molecule has 0 saturated carbocycles. The van der Waals surface area contributed by atoms with Gasteiger partial charge in [-0.15, -0.1) is 5.10 Å². The van der Waals surface area contributed by atoms with Crippen LogP contribution in [0.2, 0.25) is 0 Å². The predicted molar refractivity (Wildman–Crippen MR) is 85.2 cm³/mol.